The van der Waals surface area contributed by atoms with Crippen molar-refractivity contribution in [1.82, 2.24) is 9.88 Å². The van der Waals surface area contributed by atoms with E-state index in [1.54, 1.807) is 35.6 Å². The van der Waals surface area contributed by atoms with Gasteiger partial charge in [0.1, 0.15) is 0 Å². The fraction of sp³-hybridized carbons (Fsp3) is 0.286. The van der Waals surface area contributed by atoms with Gasteiger partial charge in [0.05, 0.1) is 20.8 Å². The molecule has 0 N–H and O–H groups in total. The number of carbonyl (C=O) groups excluding carboxylic acids is 1. The van der Waals surface area contributed by atoms with Crippen LogP contribution >= 0.6 is 11.3 Å². The minimum atomic E-state index is -3.68. The molecule has 2 aliphatic heterocycles. The highest BCUT2D eigenvalue weighted by Gasteiger charge is 2.31. The number of rotatable bonds is 4. The SMILES string of the molecule is Cc1ccc(C)c2sc(N3CCN(C(=O)c4ccc(S(=O)(=O)N5CCc6ccccc65)cc4)CC3)nc12. The van der Waals surface area contributed by atoms with Crippen molar-refractivity contribution in [3.05, 3.63) is 82.9 Å². The fourth-order valence-electron chi connectivity index (χ4n) is 5.12. The van der Waals surface area contributed by atoms with Crippen molar-refractivity contribution in [3.8, 4) is 0 Å². The summed E-state index contributed by atoms with van der Waals surface area (Å²) in [6.07, 6.45) is 0.703. The summed E-state index contributed by atoms with van der Waals surface area (Å²) in [5, 5.41) is 0.998. The van der Waals surface area contributed by atoms with Gasteiger partial charge in [0, 0.05) is 38.3 Å². The van der Waals surface area contributed by atoms with Gasteiger partial charge in [-0.3, -0.25) is 9.10 Å². The summed E-state index contributed by atoms with van der Waals surface area (Å²) in [6.45, 7) is 7.24. The van der Waals surface area contributed by atoms with Crippen LogP contribution < -0.4 is 9.21 Å². The average molecular weight is 533 g/mol. The lowest BCUT2D eigenvalue weighted by atomic mass is 10.1. The van der Waals surface area contributed by atoms with Gasteiger partial charge >= 0.3 is 0 Å². The Morgan fingerprint density at radius 1 is 0.865 bits per heavy atom. The number of thiazole rings is 1. The molecule has 1 aromatic heterocycles. The van der Waals surface area contributed by atoms with E-state index in [0.29, 0.717) is 44.7 Å². The number of carbonyl (C=O) groups is 1. The number of hydrogen-bond donors (Lipinski definition) is 0. The smallest absolute Gasteiger partial charge is 0.264 e. The van der Waals surface area contributed by atoms with Crippen molar-refractivity contribution < 1.29 is 13.2 Å². The lowest BCUT2D eigenvalue weighted by Crippen LogP contribution is -2.48. The molecule has 0 bridgehead atoms. The minimum Gasteiger partial charge on any atom is -0.345 e. The third-order valence-corrected chi connectivity index (χ3v) is 10.4. The first-order valence-corrected chi connectivity index (χ1v) is 14.7. The predicted molar refractivity (Wildman–Crippen MR) is 148 cm³/mol. The van der Waals surface area contributed by atoms with Gasteiger partial charge in [-0.25, -0.2) is 13.4 Å². The molecular weight excluding hydrogens is 504 g/mol. The van der Waals surface area contributed by atoms with E-state index < -0.39 is 10.0 Å². The molecule has 4 aromatic rings. The number of nitrogens with zero attached hydrogens (tertiary/aromatic N) is 4. The molecule has 9 heteroatoms. The van der Waals surface area contributed by atoms with Gasteiger partial charge < -0.3 is 9.80 Å². The van der Waals surface area contributed by atoms with Crippen LogP contribution in [0.4, 0.5) is 10.8 Å². The molecule has 1 saturated heterocycles. The van der Waals surface area contributed by atoms with E-state index in [1.165, 1.54) is 20.1 Å². The predicted octanol–water partition coefficient (Wildman–Crippen LogP) is 4.63. The third kappa shape index (κ3) is 4.16. The van der Waals surface area contributed by atoms with E-state index in [1.807, 2.05) is 29.2 Å². The first kappa shape index (κ1) is 23.9. The highest BCUT2D eigenvalue weighted by Crippen LogP contribution is 2.34. The monoisotopic (exact) mass is 532 g/mol. The molecule has 0 aliphatic carbocycles. The number of amides is 1. The van der Waals surface area contributed by atoms with Crippen LogP contribution in [0.3, 0.4) is 0 Å². The first-order valence-electron chi connectivity index (χ1n) is 12.4. The zero-order valence-corrected chi connectivity index (χ0v) is 22.5. The normalized spacial score (nSPS) is 15.9. The third-order valence-electron chi connectivity index (χ3n) is 7.30. The van der Waals surface area contributed by atoms with Gasteiger partial charge in [-0.2, -0.15) is 0 Å². The number of fused-ring (bicyclic) bond motifs is 2. The van der Waals surface area contributed by atoms with Gasteiger partial charge in [0.2, 0.25) is 0 Å². The number of aryl methyl sites for hydroxylation is 2. The fourth-order valence-corrected chi connectivity index (χ4v) is 7.79. The molecule has 6 rings (SSSR count). The molecule has 7 nitrogen and oxygen atoms in total. The Labute approximate surface area is 221 Å². The standard InChI is InChI=1S/C28H28N4O3S2/c1-19-7-8-20(2)26-25(19)29-28(36-26)31-17-15-30(16-18-31)27(33)22-9-11-23(12-10-22)37(34,35)32-14-13-21-5-3-4-6-24(21)32/h3-12H,13-18H2,1-2H3. The van der Waals surface area contributed by atoms with Crippen molar-refractivity contribution >= 4 is 48.3 Å². The van der Waals surface area contributed by atoms with Gasteiger partial charge in [-0.15, -0.1) is 0 Å². The lowest BCUT2D eigenvalue weighted by molar-refractivity contribution is 0.0746. The van der Waals surface area contributed by atoms with Crippen LogP contribution in [0.5, 0.6) is 0 Å². The molecule has 0 atom stereocenters. The van der Waals surface area contributed by atoms with Crippen molar-refractivity contribution in [2.24, 2.45) is 0 Å². The second-order valence-corrected chi connectivity index (χ2v) is 12.5. The number of para-hydroxylation sites is 1. The molecule has 0 spiro atoms. The number of piperazine rings is 1. The van der Waals surface area contributed by atoms with Crippen LogP contribution in [0.2, 0.25) is 0 Å². The van der Waals surface area contributed by atoms with Crippen LogP contribution in [0.1, 0.15) is 27.0 Å². The molecule has 0 radical (unpaired) electrons. The molecule has 37 heavy (non-hydrogen) atoms. The van der Waals surface area contributed by atoms with Crippen LogP contribution in [0.25, 0.3) is 10.2 Å². The van der Waals surface area contributed by atoms with Gasteiger partial charge in [0.15, 0.2) is 5.13 Å². The van der Waals surface area contributed by atoms with Gasteiger partial charge in [-0.05, 0) is 67.3 Å². The van der Waals surface area contributed by atoms with Crippen molar-refractivity contribution in [2.45, 2.75) is 25.2 Å². The van der Waals surface area contributed by atoms with Gasteiger partial charge in [-0.1, -0.05) is 41.7 Å². The summed E-state index contributed by atoms with van der Waals surface area (Å²) in [6, 6.07) is 18.2. The quantitative estimate of drug-likeness (QED) is 0.383. The average Bonchev–Trinajstić information content (AvgIpc) is 3.57. The summed E-state index contributed by atoms with van der Waals surface area (Å²) < 4.78 is 29.2. The molecule has 3 heterocycles. The van der Waals surface area contributed by atoms with Crippen molar-refractivity contribution in [2.75, 3.05) is 41.9 Å². The Morgan fingerprint density at radius 2 is 1.57 bits per heavy atom. The summed E-state index contributed by atoms with van der Waals surface area (Å²) in [5.74, 6) is -0.0777. The zero-order chi connectivity index (χ0) is 25.7. The van der Waals surface area contributed by atoms with Crippen molar-refractivity contribution in [1.29, 1.82) is 0 Å². The van der Waals surface area contributed by atoms with E-state index in [-0.39, 0.29) is 10.8 Å². The maximum Gasteiger partial charge on any atom is 0.264 e. The Balaban J connectivity index is 1.14. The van der Waals surface area contributed by atoms with Crippen LogP contribution in [0, 0.1) is 13.8 Å². The Morgan fingerprint density at radius 3 is 2.30 bits per heavy atom. The highest BCUT2D eigenvalue weighted by molar-refractivity contribution is 7.92. The van der Waals surface area contributed by atoms with Crippen molar-refractivity contribution in [3.63, 3.8) is 0 Å². The Kier molecular flexibility index (Phi) is 5.92. The first-order chi connectivity index (χ1) is 17.8. The van der Waals surface area contributed by atoms with Crippen LogP contribution in [0.15, 0.2) is 65.6 Å². The molecule has 1 fully saturated rings. The second kappa shape index (κ2) is 9.15. The number of anilines is 2. The second-order valence-electron chi connectivity index (χ2n) is 9.63. The van der Waals surface area contributed by atoms with E-state index in [4.69, 9.17) is 4.98 Å². The molecule has 190 valence electrons. The number of hydrogen-bond acceptors (Lipinski definition) is 6. The molecule has 0 saturated carbocycles. The minimum absolute atomic E-state index is 0.0777. The lowest BCUT2D eigenvalue weighted by Gasteiger charge is -2.34. The Bertz CT molecular complexity index is 1570. The number of sulfonamides is 1. The number of benzene rings is 3. The van der Waals surface area contributed by atoms with E-state index >= 15 is 0 Å². The Hall–Kier alpha value is -3.43. The maximum atomic E-state index is 13.3. The summed E-state index contributed by atoms with van der Waals surface area (Å²) in [4.78, 5) is 22.4. The molecule has 3 aromatic carbocycles. The summed E-state index contributed by atoms with van der Waals surface area (Å²) >= 11 is 1.71. The maximum absolute atomic E-state index is 13.3. The van der Waals surface area contributed by atoms with E-state index in [9.17, 15) is 13.2 Å². The topological polar surface area (TPSA) is 73.8 Å². The molecule has 1 amide bonds. The number of aromatic nitrogens is 1. The molecule has 2 aliphatic rings. The van der Waals surface area contributed by atoms with E-state index in [0.717, 1.165) is 21.9 Å². The van der Waals surface area contributed by atoms with Crippen LogP contribution in [-0.4, -0.2) is 56.9 Å². The van der Waals surface area contributed by atoms with Crippen LogP contribution in [-0.2, 0) is 16.4 Å². The summed E-state index contributed by atoms with van der Waals surface area (Å²) in [7, 11) is -3.68. The molecule has 0 unspecified atom stereocenters. The van der Waals surface area contributed by atoms with E-state index in [2.05, 4.69) is 30.9 Å². The molecular formula is C28H28N4O3S2. The largest absolute Gasteiger partial charge is 0.345 e. The summed E-state index contributed by atoms with van der Waals surface area (Å²) in [5.41, 5.74) is 5.74. The highest BCUT2D eigenvalue weighted by atomic mass is 32.2. The zero-order valence-electron chi connectivity index (χ0n) is 20.8. The van der Waals surface area contributed by atoms with Gasteiger partial charge in [0.25, 0.3) is 15.9 Å².